The van der Waals surface area contributed by atoms with Crippen molar-refractivity contribution in [3.8, 4) is 0 Å². The summed E-state index contributed by atoms with van der Waals surface area (Å²) in [5, 5.41) is 2.70. The standard InChI is InChI=1S/C21H25BrN2O3/c1-6-23-20(26)17-11-16(12-24-17)19(25)18(14(3)27-5)13(2)15-7-9-21(4,22)10-8-15/h7-9,11-12,24H,2,6,10H2,1,3-5H3,(H,23,26)/b18-14+. The van der Waals surface area contributed by atoms with Gasteiger partial charge in [0.15, 0.2) is 5.78 Å². The SMILES string of the molecule is C=C(C1=CCC(C)(Br)C=C1)/C(C(=O)c1c[nH]c(C(=O)NCC)c1)=C(/C)OC. The molecule has 1 heterocycles. The lowest BCUT2D eigenvalue weighted by Crippen LogP contribution is -2.22. The Morgan fingerprint density at radius 3 is 2.70 bits per heavy atom. The van der Waals surface area contributed by atoms with Crippen molar-refractivity contribution in [2.24, 2.45) is 0 Å². The quantitative estimate of drug-likeness (QED) is 0.219. The fraction of sp³-hybridized carbons (Fsp3) is 0.333. The van der Waals surface area contributed by atoms with E-state index in [1.165, 1.54) is 13.3 Å². The zero-order valence-corrected chi connectivity index (χ0v) is 17.7. The molecule has 27 heavy (non-hydrogen) atoms. The van der Waals surface area contributed by atoms with Crippen molar-refractivity contribution in [1.82, 2.24) is 10.3 Å². The van der Waals surface area contributed by atoms with E-state index in [4.69, 9.17) is 4.74 Å². The number of carbonyl (C=O) groups is 2. The molecule has 1 atom stereocenters. The molecule has 0 radical (unpaired) electrons. The second-order valence-electron chi connectivity index (χ2n) is 6.58. The molecule has 2 rings (SSSR count). The number of nitrogens with one attached hydrogen (secondary N) is 2. The first kappa shape index (κ1) is 21.0. The molecular weight excluding hydrogens is 408 g/mol. The van der Waals surface area contributed by atoms with Gasteiger partial charge in [0, 0.05) is 22.6 Å². The van der Waals surface area contributed by atoms with Crippen molar-refractivity contribution < 1.29 is 14.3 Å². The van der Waals surface area contributed by atoms with Gasteiger partial charge in [-0.2, -0.15) is 0 Å². The molecule has 1 aromatic heterocycles. The van der Waals surface area contributed by atoms with E-state index in [-0.39, 0.29) is 16.0 Å². The number of H-pyrrole nitrogens is 1. The van der Waals surface area contributed by atoms with Crippen LogP contribution in [-0.4, -0.2) is 34.7 Å². The van der Waals surface area contributed by atoms with Gasteiger partial charge in [0.25, 0.3) is 5.91 Å². The summed E-state index contributed by atoms with van der Waals surface area (Å²) in [6.07, 6.45) is 8.36. The lowest BCUT2D eigenvalue weighted by atomic mass is 9.88. The largest absolute Gasteiger partial charge is 0.501 e. The number of carbonyl (C=O) groups excluding carboxylic acids is 2. The molecule has 144 valence electrons. The summed E-state index contributed by atoms with van der Waals surface area (Å²) in [5.74, 6) is -0.0150. The van der Waals surface area contributed by atoms with E-state index in [0.29, 0.717) is 34.7 Å². The Labute approximate surface area is 168 Å². The van der Waals surface area contributed by atoms with Crippen molar-refractivity contribution in [3.05, 3.63) is 70.8 Å². The number of aromatic amines is 1. The summed E-state index contributed by atoms with van der Waals surface area (Å²) < 4.78 is 5.25. The second-order valence-corrected chi connectivity index (χ2v) is 8.39. The van der Waals surface area contributed by atoms with Crippen LogP contribution in [0.5, 0.6) is 0 Å². The lowest BCUT2D eigenvalue weighted by Gasteiger charge is -2.22. The topological polar surface area (TPSA) is 71.2 Å². The van der Waals surface area contributed by atoms with Gasteiger partial charge in [0.1, 0.15) is 11.5 Å². The van der Waals surface area contributed by atoms with Gasteiger partial charge in [-0.3, -0.25) is 9.59 Å². The monoisotopic (exact) mass is 432 g/mol. The fourth-order valence-electron chi connectivity index (χ4n) is 2.75. The highest BCUT2D eigenvalue weighted by atomic mass is 79.9. The van der Waals surface area contributed by atoms with E-state index < -0.39 is 0 Å². The van der Waals surface area contributed by atoms with E-state index in [2.05, 4.69) is 39.7 Å². The van der Waals surface area contributed by atoms with Crippen molar-refractivity contribution in [1.29, 1.82) is 0 Å². The molecule has 0 spiro atoms. The van der Waals surface area contributed by atoms with Crippen LogP contribution in [0.2, 0.25) is 0 Å². The number of halogens is 1. The lowest BCUT2D eigenvalue weighted by molar-refractivity contribution is 0.0951. The van der Waals surface area contributed by atoms with E-state index in [0.717, 1.165) is 12.0 Å². The van der Waals surface area contributed by atoms with Crippen LogP contribution in [0, 0.1) is 0 Å². The molecular formula is C21H25BrN2O3. The number of aromatic nitrogens is 1. The Balaban J connectivity index is 2.34. The number of methoxy groups -OCH3 is 1. The van der Waals surface area contributed by atoms with Gasteiger partial charge in [0.05, 0.1) is 12.7 Å². The van der Waals surface area contributed by atoms with Gasteiger partial charge >= 0.3 is 0 Å². The second kappa shape index (κ2) is 8.57. The Kier molecular flexibility index (Phi) is 6.65. The van der Waals surface area contributed by atoms with Crippen LogP contribution in [0.15, 0.2) is 59.5 Å². The average molecular weight is 433 g/mol. The molecule has 0 saturated heterocycles. The first-order chi connectivity index (χ1) is 12.7. The third-order valence-corrected chi connectivity index (χ3v) is 4.98. The molecule has 0 saturated carbocycles. The Hall–Kier alpha value is -2.34. The molecule has 5 nitrogen and oxygen atoms in total. The maximum Gasteiger partial charge on any atom is 0.267 e. The average Bonchev–Trinajstić information content (AvgIpc) is 3.12. The molecule has 1 unspecified atom stereocenters. The maximum absolute atomic E-state index is 13.1. The molecule has 1 aliphatic rings. The number of Topliss-reactive ketones (excluding diaryl/α,β-unsaturated/α-hetero) is 1. The van der Waals surface area contributed by atoms with Crippen LogP contribution in [0.1, 0.15) is 48.0 Å². The zero-order valence-electron chi connectivity index (χ0n) is 16.1. The Bertz CT molecular complexity index is 857. The number of rotatable bonds is 7. The van der Waals surface area contributed by atoms with E-state index in [9.17, 15) is 9.59 Å². The summed E-state index contributed by atoms with van der Waals surface area (Å²) in [4.78, 5) is 27.9. The highest BCUT2D eigenvalue weighted by Crippen LogP contribution is 2.34. The molecule has 0 aromatic carbocycles. The molecule has 1 aliphatic carbocycles. The molecule has 1 amide bonds. The number of hydrogen-bond donors (Lipinski definition) is 2. The van der Waals surface area contributed by atoms with Crippen molar-refractivity contribution in [2.45, 2.75) is 31.5 Å². The van der Waals surface area contributed by atoms with Crippen LogP contribution in [0.25, 0.3) is 0 Å². The molecule has 0 bridgehead atoms. The Morgan fingerprint density at radius 1 is 1.44 bits per heavy atom. The zero-order chi connectivity index (χ0) is 20.2. The molecule has 1 aromatic rings. The number of ketones is 1. The number of allylic oxidation sites excluding steroid dienone is 7. The van der Waals surface area contributed by atoms with Crippen LogP contribution < -0.4 is 5.32 Å². The highest BCUT2D eigenvalue weighted by molar-refractivity contribution is 9.10. The number of alkyl halides is 1. The molecule has 6 heteroatoms. The van der Waals surface area contributed by atoms with E-state index in [1.807, 2.05) is 25.2 Å². The smallest absolute Gasteiger partial charge is 0.267 e. The van der Waals surface area contributed by atoms with Gasteiger partial charge in [0.2, 0.25) is 0 Å². The fourth-order valence-corrected chi connectivity index (χ4v) is 3.04. The van der Waals surface area contributed by atoms with Gasteiger partial charge in [-0.15, -0.1) is 0 Å². The van der Waals surface area contributed by atoms with E-state index in [1.54, 1.807) is 13.0 Å². The summed E-state index contributed by atoms with van der Waals surface area (Å²) in [6.45, 7) is 10.3. The third kappa shape index (κ3) is 4.89. The minimum atomic E-state index is -0.251. The van der Waals surface area contributed by atoms with Crippen LogP contribution in [0.3, 0.4) is 0 Å². The van der Waals surface area contributed by atoms with Gasteiger partial charge in [-0.25, -0.2) is 0 Å². The summed E-state index contributed by atoms with van der Waals surface area (Å²) >= 11 is 3.64. The Morgan fingerprint density at radius 2 is 2.15 bits per heavy atom. The third-order valence-electron chi connectivity index (χ3n) is 4.39. The number of ether oxygens (including phenoxy) is 1. The van der Waals surface area contributed by atoms with Crippen LogP contribution in [-0.2, 0) is 4.74 Å². The number of hydrogen-bond acceptors (Lipinski definition) is 3. The predicted molar refractivity (Wildman–Crippen MR) is 111 cm³/mol. The van der Waals surface area contributed by atoms with Gasteiger partial charge in [-0.05, 0) is 44.4 Å². The number of amides is 1. The maximum atomic E-state index is 13.1. The first-order valence-corrected chi connectivity index (χ1v) is 9.53. The highest BCUT2D eigenvalue weighted by Gasteiger charge is 2.25. The van der Waals surface area contributed by atoms with E-state index >= 15 is 0 Å². The van der Waals surface area contributed by atoms with Crippen LogP contribution >= 0.6 is 15.9 Å². The van der Waals surface area contributed by atoms with Crippen molar-refractivity contribution >= 4 is 27.6 Å². The molecule has 0 fully saturated rings. The van der Waals surface area contributed by atoms with Crippen molar-refractivity contribution in [3.63, 3.8) is 0 Å². The van der Waals surface area contributed by atoms with Gasteiger partial charge in [-0.1, -0.05) is 40.7 Å². The summed E-state index contributed by atoms with van der Waals surface area (Å²) in [7, 11) is 1.52. The predicted octanol–water partition coefficient (Wildman–Crippen LogP) is 4.46. The summed E-state index contributed by atoms with van der Waals surface area (Å²) in [5.41, 5.74) is 2.60. The molecule has 2 N–H and O–H groups in total. The van der Waals surface area contributed by atoms with Crippen molar-refractivity contribution in [2.75, 3.05) is 13.7 Å². The van der Waals surface area contributed by atoms with Crippen LogP contribution in [0.4, 0.5) is 0 Å². The van der Waals surface area contributed by atoms with Gasteiger partial charge < -0.3 is 15.0 Å². The first-order valence-electron chi connectivity index (χ1n) is 8.74. The minimum Gasteiger partial charge on any atom is -0.501 e. The normalized spacial score (nSPS) is 19.8. The summed E-state index contributed by atoms with van der Waals surface area (Å²) in [6, 6.07) is 1.55. The molecule has 0 aliphatic heterocycles. The minimum absolute atomic E-state index is 0.0941.